The highest BCUT2D eigenvalue weighted by molar-refractivity contribution is 5.80. The molecule has 1 aromatic rings. The smallest absolute Gasteiger partial charge is 0.407 e. The van der Waals surface area contributed by atoms with Gasteiger partial charge in [-0.05, 0) is 25.6 Å². The van der Waals surface area contributed by atoms with Crippen LogP contribution in [0, 0.1) is 5.92 Å². The number of nitrogens with one attached hydrogen (secondary N) is 1. The molecule has 0 unspecified atom stereocenters. The maximum Gasteiger partial charge on any atom is 0.407 e. The minimum absolute atomic E-state index is 0.00528. The van der Waals surface area contributed by atoms with Crippen LogP contribution in [0.4, 0.5) is 4.79 Å². The van der Waals surface area contributed by atoms with Crippen molar-refractivity contribution >= 4 is 12.0 Å². The number of nitrogens with zero attached hydrogens (tertiary/aromatic N) is 2. The summed E-state index contributed by atoms with van der Waals surface area (Å²) in [7, 11) is 2.10. The number of amides is 2. The third kappa shape index (κ3) is 2.99. The Morgan fingerprint density at radius 1 is 1.20 bits per heavy atom. The number of rotatable bonds is 2. The van der Waals surface area contributed by atoms with E-state index < -0.39 is 5.60 Å². The molecule has 3 heterocycles. The average Bonchev–Trinajstić information content (AvgIpc) is 3.19. The van der Waals surface area contributed by atoms with E-state index in [2.05, 4.69) is 29.4 Å². The van der Waals surface area contributed by atoms with Crippen molar-refractivity contribution in [2.24, 2.45) is 5.92 Å². The molecule has 6 nitrogen and oxygen atoms in total. The first kappa shape index (κ1) is 16.4. The summed E-state index contributed by atoms with van der Waals surface area (Å²) < 4.78 is 5.45. The fourth-order valence-electron chi connectivity index (χ4n) is 4.49. The minimum Gasteiger partial charge on any atom is -0.441 e. The Morgan fingerprint density at radius 3 is 2.56 bits per heavy atom. The summed E-state index contributed by atoms with van der Waals surface area (Å²) in [6, 6.07) is 10.5. The first-order valence-electron chi connectivity index (χ1n) is 9.09. The molecule has 2 amide bonds. The van der Waals surface area contributed by atoms with Crippen molar-refractivity contribution in [2.75, 3.05) is 33.2 Å². The van der Waals surface area contributed by atoms with Crippen molar-refractivity contribution in [3.63, 3.8) is 0 Å². The zero-order chi connectivity index (χ0) is 17.4. The van der Waals surface area contributed by atoms with E-state index in [1.807, 2.05) is 23.1 Å². The zero-order valence-corrected chi connectivity index (χ0v) is 14.6. The van der Waals surface area contributed by atoms with Gasteiger partial charge in [0, 0.05) is 32.0 Å². The van der Waals surface area contributed by atoms with Crippen LogP contribution < -0.4 is 5.32 Å². The lowest BCUT2D eigenvalue weighted by Crippen LogP contribution is -2.50. The van der Waals surface area contributed by atoms with Gasteiger partial charge in [0.05, 0.1) is 12.5 Å². The molecule has 4 rings (SSSR count). The molecule has 1 spiro atoms. The Hall–Kier alpha value is -2.08. The number of carbonyl (C=O) groups is 2. The van der Waals surface area contributed by atoms with E-state index in [4.69, 9.17) is 4.74 Å². The van der Waals surface area contributed by atoms with Crippen molar-refractivity contribution in [2.45, 2.75) is 30.9 Å². The number of likely N-dealkylation sites (tertiary alicyclic amines) is 2. The van der Waals surface area contributed by atoms with Gasteiger partial charge in [0.2, 0.25) is 5.91 Å². The summed E-state index contributed by atoms with van der Waals surface area (Å²) >= 11 is 0. The molecule has 3 fully saturated rings. The molecule has 1 N–H and O–H groups in total. The van der Waals surface area contributed by atoms with E-state index in [0.717, 1.165) is 25.8 Å². The number of piperidine rings is 1. The normalized spacial score (nSPS) is 28.8. The summed E-state index contributed by atoms with van der Waals surface area (Å²) in [5.41, 5.74) is 0.808. The van der Waals surface area contributed by atoms with Gasteiger partial charge in [-0.3, -0.25) is 9.69 Å². The van der Waals surface area contributed by atoms with Crippen LogP contribution in [-0.4, -0.2) is 60.6 Å². The van der Waals surface area contributed by atoms with Gasteiger partial charge in [0.25, 0.3) is 0 Å². The van der Waals surface area contributed by atoms with Crippen molar-refractivity contribution in [3.8, 4) is 0 Å². The topological polar surface area (TPSA) is 61.9 Å². The SMILES string of the molecule is CN1CC[C@H](C(=O)N2CCC3(CC2)CNC(=O)O3)[C@@H]1c1ccccc1. The van der Waals surface area contributed by atoms with Crippen LogP contribution >= 0.6 is 0 Å². The first-order chi connectivity index (χ1) is 12.1. The standard InChI is InChI=1S/C19H25N3O3/c1-21-10-7-15(16(21)14-5-3-2-4-6-14)17(23)22-11-8-19(9-12-22)13-20-18(24)25-19/h2-6,15-16H,7-13H2,1H3,(H,20,24)/t15-,16-/m0/s1. The van der Waals surface area contributed by atoms with Crippen LogP contribution in [-0.2, 0) is 9.53 Å². The van der Waals surface area contributed by atoms with Gasteiger partial charge in [-0.25, -0.2) is 4.79 Å². The number of alkyl carbamates (subject to hydrolysis) is 1. The van der Waals surface area contributed by atoms with E-state index in [-0.39, 0.29) is 24.0 Å². The molecule has 0 radical (unpaired) electrons. The van der Waals surface area contributed by atoms with Gasteiger partial charge in [-0.1, -0.05) is 30.3 Å². The second-order valence-corrected chi connectivity index (χ2v) is 7.48. The van der Waals surface area contributed by atoms with E-state index in [1.54, 1.807) is 0 Å². The summed E-state index contributed by atoms with van der Waals surface area (Å²) in [5.74, 6) is 0.246. The van der Waals surface area contributed by atoms with Crippen LogP contribution in [0.15, 0.2) is 30.3 Å². The number of carbonyl (C=O) groups excluding carboxylic acids is 2. The second kappa shape index (κ2) is 6.33. The Labute approximate surface area is 148 Å². The number of benzene rings is 1. The van der Waals surface area contributed by atoms with E-state index in [9.17, 15) is 9.59 Å². The Morgan fingerprint density at radius 2 is 1.92 bits per heavy atom. The third-order valence-electron chi connectivity index (χ3n) is 5.96. The fourth-order valence-corrected chi connectivity index (χ4v) is 4.49. The van der Waals surface area contributed by atoms with Gasteiger partial charge in [-0.15, -0.1) is 0 Å². The lowest BCUT2D eigenvalue weighted by molar-refractivity contribution is -0.139. The lowest BCUT2D eigenvalue weighted by atomic mass is 9.88. The third-order valence-corrected chi connectivity index (χ3v) is 5.96. The van der Waals surface area contributed by atoms with E-state index in [1.165, 1.54) is 5.56 Å². The molecular formula is C19H25N3O3. The molecule has 6 heteroatoms. The molecule has 134 valence electrons. The number of ether oxygens (including phenoxy) is 1. The number of hydrogen-bond acceptors (Lipinski definition) is 4. The fraction of sp³-hybridized carbons (Fsp3) is 0.579. The average molecular weight is 343 g/mol. The van der Waals surface area contributed by atoms with Crippen molar-refractivity contribution in [1.82, 2.24) is 15.1 Å². The quantitative estimate of drug-likeness (QED) is 0.889. The minimum atomic E-state index is -0.404. The van der Waals surface area contributed by atoms with Crippen LogP contribution in [0.25, 0.3) is 0 Å². The summed E-state index contributed by atoms with van der Waals surface area (Å²) in [4.78, 5) is 28.8. The maximum absolute atomic E-state index is 13.2. The van der Waals surface area contributed by atoms with Gasteiger partial charge in [0.1, 0.15) is 5.60 Å². The van der Waals surface area contributed by atoms with Crippen molar-refractivity contribution in [1.29, 1.82) is 0 Å². The molecule has 3 aliphatic heterocycles. The predicted molar refractivity (Wildman–Crippen MR) is 92.9 cm³/mol. The highest BCUT2D eigenvalue weighted by Crippen LogP contribution is 2.38. The van der Waals surface area contributed by atoms with Gasteiger partial charge >= 0.3 is 6.09 Å². The van der Waals surface area contributed by atoms with E-state index in [0.29, 0.717) is 19.6 Å². The summed E-state index contributed by atoms with van der Waals surface area (Å²) in [5, 5.41) is 2.74. The largest absolute Gasteiger partial charge is 0.441 e. The predicted octanol–water partition coefficient (Wildman–Crippen LogP) is 1.78. The summed E-state index contributed by atoms with van der Waals surface area (Å²) in [6.07, 6.45) is 2.00. The van der Waals surface area contributed by atoms with Crippen molar-refractivity contribution < 1.29 is 14.3 Å². The molecule has 0 aromatic heterocycles. The molecule has 0 saturated carbocycles. The Bertz CT molecular complexity index is 655. The summed E-state index contributed by atoms with van der Waals surface area (Å²) in [6.45, 7) is 2.83. The van der Waals surface area contributed by atoms with E-state index >= 15 is 0 Å². The molecular weight excluding hydrogens is 318 g/mol. The monoisotopic (exact) mass is 343 g/mol. The van der Waals surface area contributed by atoms with Gasteiger partial charge in [-0.2, -0.15) is 0 Å². The van der Waals surface area contributed by atoms with Crippen LogP contribution in [0.3, 0.4) is 0 Å². The van der Waals surface area contributed by atoms with Gasteiger partial charge in [0.15, 0.2) is 0 Å². The zero-order valence-electron chi connectivity index (χ0n) is 14.6. The second-order valence-electron chi connectivity index (χ2n) is 7.48. The van der Waals surface area contributed by atoms with Crippen LogP contribution in [0.2, 0.25) is 0 Å². The lowest BCUT2D eigenvalue weighted by Gasteiger charge is -2.39. The molecule has 25 heavy (non-hydrogen) atoms. The number of hydrogen-bond donors (Lipinski definition) is 1. The highest BCUT2D eigenvalue weighted by atomic mass is 16.6. The maximum atomic E-state index is 13.2. The molecule has 1 aromatic carbocycles. The Balaban J connectivity index is 1.45. The molecule has 3 saturated heterocycles. The first-order valence-corrected chi connectivity index (χ1v) is 9.09. The van der Waals surface area contributed by atoms with Gasteiger partial charge < -0.3 is 15.0 Å². The molecule has 2 atom stereocenters. The molecule has 0 bridgehead atoms. The molecule has 0 aliphatic carbocycles. The molecule has 3 aliphatic rings. The Kier molecular flexibility index (Phi) is 4.15. The van der Waals surface area contributed by atoms with Crippen LogP contribution in [0.1, 0.15) is 30.9 Å². The van der Waals surface area contributed by atoms with Crippen LogP contribution in [0.5, 0.6) is 0 Å². The highest BCUT2D eigenvalue weighted by Gasteiger charge is 2.46. The van der Waals surface area contributed by atoms with Crippen molar-refractivity contribution in [3.05, 3.63) is 35.9 Å².